The maximum atomic E-state index is 2.37. The van der Waals surface area contributed by atoms with Gasteiger partial charge in [0.1, 0.15) is 0 Å². The Kier molecular flexibility index (Phi) is 23.8. The fourth-order valence-electron chi connectivity index (χ4n) is 1.38. The normalized spacial score (nSPS) is 9.88. The molecule has 17 heavy (non-hydrogen) atoms. The predicted molar refractivity (Wildman–Crippen MR) is 82.8 cm³/mol. The summed E-state index contributed by atoms with van der Waals surface area (Å²) in [6.07, 6.45) is 1.25. The SMILES string of the molecule is CC.CCC.CCN(C)CC(C)CN(C)CC. The quantitative estimate of drug-likeness (QED) is 0.700. The lowest BCUT2D eigenvalue weighted by Crippen LogP contribution is -2.32. The van der Waals surface area contributed by atoms with E-state index in [0.717, 1.165) is 19.0 Å². The van der Waals surface area contributed by atoms with Gasteiger partial charge in [0, 0.05) is 13.1 Å². The summed E-state index contributed by atoms with van der Waals surface area (Å²) in [4.78, 5) is 4.74. The van der Waals surface area contributed by atoms with E-state index in [4.69, 9.17) is 0 Å². The third kappa shape index (κ3) is 21.7. The van der Waals surface area contributed by atoms with Crippen molar-refractivity contribution < 1.29 is 0 Å². The van der Waals surface area contributed by atoms with Crippen LogP contribution in [0.25, 0.3) is 0 Å². The molecule has 0 aromatic carbocycles. The van der Waals surface area contributed by atoms with Crippen LogP contribution < -0.4 is 0 Å². The third-order valence-corrected chi connectivity index (χ3v) is 2.33. The summed E-state index contributed by atoms with van der Waals surface area (Å²) in [5.41, 5.74) is 0. The van der Waals surface area contributed by atoms with Gasteiger partial charge in [0.25, 0.3) is 0 Å². The Balaban J connectivity index is -0.000000337. The highest BCUT2D eigenvalue weighted by atomic mass is 15.1. The monoisotopic (exact) mass is 246 g/mol. The van der Waals surface area contributed by atoms with Gasteiger partial charge in [0.05, 0.1) is 0 Å². The molecule has 0 atom stereocenters. The van der Waals surface area contributed by atoms with Gasteiger partial charge in [0.2, 0.25) is 0 Å². The molecule has 0 radical (unpaired) electrons. The van der Waals surface area contributed by atoms with E-state index in [9.17, 15) is 0 Å². The Morgan fingerprint density at radius 2 is 1.00 bits per heavy atom. The van der Waals surface area contributed by atoms with Crippen molar-refractivity contribution in [2.24, 2.45) is 5.92 Å². The average Bonchev–Trinajstić information content (AvgIpc) is 2.32. The number of nitrogens with zero attached hydrogens (tertiary/aromatic N) is 2. The highest BCUT2D eigenvalue weighted by Gasteiger charge is 2.06. The van der Waals surface area contributed by atoms with Crippen molar-refractivity contribution >= 4 is 0 Å². The molecule has 0 heterocycles. The van der Waals surface area contributed by atoms with Gasteiger partial charge in [0.15, 0.2) is 0 Å². The minimum Gasteiger partial charge on any atom is -0.306 e. The maximum Gasteiger partial charge on any atom is 0.00161 e. The lowest BCUT2D eigenvalue weighted by molar-refractivity contribution is 0.236. The van der Waals surface area contributed by atoms with Crippen LogP contribution in [0, 0.1) is 5.92 Å². The Morgan fingerprint density at radius 3 is 1.18 bits per heavy atom. The van der Waals surface area contributed by atoms with E-state index in [2.05, 4.69) is 58.5 Å². The van der Waals surface area contributed by atoms with Crippen LogP contribution in [-0.4, -0.2) is 50.1 Å². The molecular weight excluding hydrogens is 208 g/mol. The molecule has 2 nitrogen and oxygen atoms in total. The van der Waals surface area contributed by atoms with Crippen LogP contribution >= 0.6 is 0 Å². The van der Waals surface area contributed by atoms with E-state index in [1.54, 1.807) is 0 Å². The molecule has 0 spiro atoms. The van der Waals surface area contributed by atoms with Crippen LogP contribution in [0.15, 0.2) is 0 Å². The fourth-order valence-corrected chi connectivity index (χ4v) is 1.38. The topological polar surface area (TPSA) is 6.48 Å². The minimum atomic E-state index is 0.778. The van der Waals surface area contributed by atoms with Crippen LogP contribution in [0.1, 0.15) is 54.9 Å². The molecule has 0 aliphatic rings. The Labute approximate surface area is 111 Å². The number of hydrogen-bond donors (Lipinski definition) is 0. The summed E-state index contributed by atoms with van der Waals surface area (Å²) in [5, 5.41) is 0. The van der Waals surface area contributed by atoms with Crippen molar-refractivity contribution in [1.82, 2.24) is 9.80 Å². The second-order valence-electron chi connectivity index (χ2n) is 4.52. The molecule has 0 saturated carbocycles. The molecule has 0 bridgehead atoms. The van der Waals surface area contributed by atoms with E-state index >= 15 is 0 Å². The zero-order valence-electron chi connectivity index (χ0n) is 14.0. The number of rotatable bonds is 6. The Bertz CT molecular complexity index is 103. The van der Waals surface area contributed by atoms with Crippen molar-refractivity contribution in [3.63, 3.8) is 0 Å². The molecule has 2 heteroatoms. The van der Waals surface area contributed by atoms with Crippen LogP contribution in [0.2, 0.25) is 0 Å². The van der Waals surface area contributed by atoms with Crippen LogP contribution in [0.3, 0.4) is 0 Å². The maximum absolute atomic E-state index is 2.37. The molecule has 0 unspecified atom stereocenters. The molecule has 108 valence electrons. The van der Waals surface area contributed by atoms with E-state index in [1.807, 2.05) is 13.8 Å². The van der Waals surface area contributed by atoms with Crippen molar-refractivity contribution in [2.75, 3.05) is 40.3 Å². The summed E-state index contributed by atoms with van der Waals surface area (Å²) < 4.78 is 0. The zero-order chi connectivity index (χ0) is 14.3. The lowest BCUT2D eigenvalue weighted by Gasteiger charge is -2.23. The molecule has 0 aromatic rings. The van der Waals surface area contributed by atoms with E-state index < -0.39 is 0 Å². The van der Waals surface area contributed by atoms with Crippen LogP contribution in [0.4, 0.5) is 0 Å². The van der Waals surface area contributed by atoms with Gasteiger partial charge < -0.3 is 9.80 Å². The molecule has 0 N–H and O–H groups in total. The van der Waals surface area contributed by atoms with Gasteiger partial charge >= 0.3 is 0 Å². The summed E-state index contributed by atoms with van der Waals surface area (Å²) in [6.45, 7) is 19.7. The van der Waals surface area contributed by atoms with E-state index in [-0.39, 0.29) is 0 Å². The van der Waals surface area contributed by atoms with Gasteiger partial charge in [-0.2, -0.15) is 0 Å². The first-order chi connectivity index (χ1) is 8.01. The first-order valence-corrected chi connectivity index (χ1v) is 7.38. The first-order valence-electron chi connectivity index (χ1n) is 7.38. The highest BCUT2D eigenvalue weighted by molar-refractivity contribution is 4.61. The molecule has 0 aromatic heterocycles. The largest absolute Gasteiger partial charge is 0.306 e. The summed E-state index contributed by atoms with van der Waals surface area (Å²) in [5.74, 6) is 0.778. The molecule has 0 saturated heterocycles. The molecule has 0 aliphatic carbocycles. The van der Waals surface area contributed by atoms with Crippen molar-refractivity contribution in [2.45, 2.75) is 54.9 Å². The van der Waals surface area contributed by atoms with Gasteiger partial charge in [-0.05, 0) is 33.1 Å². The van der Waals surface area contributed by atoms with Crippen molar-refractivity contribution in [1.29, 1.82) is 0 Å². The Hall–Kier alpha value is -0.0800. The fraction of sp³-hybridized carbons (Fsp3) is 1.00. The van der Waals surface area contributed by atoms with Gasteiger partial charge in [-0.25, -0.2) is 0 Å². The second kappa shape index (κ2) is 18.3. The van der Waals surface area contributed by atoms with Crippen molar-refractivity contribution in [3.05, 3.63) is 0 Å². The standard InChI is InChI=1S/C10H24N2.C3H8.C2H6/c1-6-11(4)8-10(3)9-12(5)7-2;1-3-2;1-2/h10H,6-9H2,1-5H3;3H2,1-2H3;1-2H3. The third-order valence-electron chi connectivity index (χ3n) is 2.33. The van der Waals surface area contributed by atoms with Crippen LogP contribution in [-0.2, 0) is 0 Å². The molecule has 0 aliphatic heterocycles. The molecular formula is C15H38N2. The Morgan fingerprint density at radius 1 is 0.765 bits per heavy atom. The second-order valence-corrected chi connectivity index (χ2v) is 4.52. The van der Waals surface area contributed by atoms with Gasteiger partial charge in [-0.3, -0.25) is 0 Å². The summed E-state index contributed by atoms with van der Waals surface area (Å²) >= 11 is 0. The zero-order valence-corrected chi connectivity index (χ0v) is 14.0. The van der Waals surface area contributed by atoms with Crippen molar-refractivity contribution in [3.8, 4) is 0 Å². The molecule has 0 amide bonds. The smallest absolute Gasteiger partial charge is 0.00161 e. The van der Waals surface area contributed by atoms with Gasteiger partial charge in [-0.1, -0.05) is 54.9 Å². The predicted octanol–water partition coefficient (Wildman–Crippen LogP) is 3.97. The first kappa shape index (κ1) is 22.1. The van der Waals surface area contributed by atoms with E-state index in [0.29, 0.717) is 0 Å². The molecule has 0 fully saturated rings. The lowest BCUT2D eigenvalue weighted by atomic mass is 10.1. The van der Waals surface area contributed by atoms with Gasteiger partial charge in [-0.15, -0.1) is 0 Å². The highest BCUT2D eigenvalue weighted by Crippen LogP contribution is 1.99. The van der Waals surface area contributed by atoms with Crippen LogP contribution in [0.5, 0.6) is 0 Å². The molecule has 0 rings (SSSR count). The number of hydrogen-bond acceptors (Lipinski definition) is 2. The average molecular weight is 246 g/mol. The minimum absolute atomic E-state index is 0.778. The summed E-state index contributed by atoms with van der Waals surface area (Å²) in [6, 6.07) is 0. The summed E-state index contributed by atoms with van der Waals surface area (Å²) in [7, 11) is 4.37. The van der Waals surface area contributed by atoms with E-state index in [1.165, 1.54) is 19.5 Å².